The molecule has 16 heavy (non-hydrogen) atoms. The van der Waals surface area contributed by atoms with Gasteiger partial charge in [0.2, 0.25) is 0 Å². The smallest absolute Gasteiger partial charge is 0.126 e. The zero-order valence-electron chi connectivity index (χ0n) is 9.68. The summed E-state index contributed by atoms with van der Waals surface area (Å²) in [6.45, 7) is 5.71. The highest BCUT2D eigenvalue weighted by molar-refractivity contribution is 5.23. The van der Waals surface area contributed by atoms with Crippen LogP contribution in [0.5, 0.6) is 0 Å². The normalized spacial score (nSPS) is 12.4. The Bertz CT molecular complexity index is 345. The predicted molar refractivity (Wildman–Crippen MR) is 63.4 cm³/mol. The average molecular weight is 224 g/mol. The van der Waals surface area contributed by atoms with Crippen molar-refractivity contribution >= 4 is 0 Å². The van der Waals surface area contributed by atoms with Gasteiger partial charge in [0.05, 0.1) is 0 Å². The van der Waals surface area contributed by atoms with E-state index in [0.717, 1.165) is 31.7 Å². The Morgan fingerprint density at radius 3 is 2.69 bits per heavy atom. The maximum atomic E-state index is 13.6. The van der Waals surface area contributed by atoms with Crippen molar-refractivity contribution in [1.82, 2.24) is 0 Å². The summed E-state index contributed by atoms with van der Waals surface area (Å²) in [6.07, 6.45) is 5.34. The van der Waals surface area contributed by atoms with Crippen LogP contribution in [0.3, 0.4) is 0 Å². The largest absolute Gasteiger partial charge is 0.207 e. The van der Waals surface area contributed by atoms with Crippen LogP contribution in [-0.4, -0.2) is 0 Å². The van der Waals surface area contributed by atoms with E-state index in [1.54, 1.807) is 0 Å². The van der Waals surface area contributed by atoms with Gasteiger partial charge in [0.15, 0.2) is 0 Å². The molecule has 0 bridgehead atoms. The van der Waals surface area contributed by atoms with Crippen LogP contribution in [0, 0.1) is 11.6 Å². The molecule has 0 nitrogen and oxygen atoms in total. The number of hydrogen-bond donors (Lipinski definition) is 0. The van der Waals surface area contributed by atoms with Crippen molar-refractivity contribution in [3.05, 3.63) is 48.1 Å². The lowest BCUT2D eigenvalue weighted by atomic mass is 9.90. The summed E-state index contributed by atoms with van der Waals surface area (Å²) in [4.78, 5) is 0. The summed E-state index contributed by atoms with van der Waals surface area (Å²) < 4.78 is 26.7. The number of halogens is 2. The van der Waals surface area contributed by atoms with Crippen LogP contribution in [0.4, 0.5) is 8.78 Å². The highest BCUT2D eigenvalue weighted by atomic mass is 19.1. The van der Waals surface area contributed by atoms with E-state index in [9.17, 15) is 8.78 Å². The molecule has 0 spiro atoms. The minimum atomic E-state index is -0.365. The Kier molecular flexibility index (Phi) is 5.17. The standard InChI is InChI=1S/C14H18F2/c1-3-5-7-11(6-4-2)13-10-12(15)8-9-14(13)16/h3,8-11H,1,4-7H2,2H3. The van der Waals surface area contributed by atoms with Crippen molar-refractivity contribution in [2.45, 2.75) is 38.5 Å². The lowest BCUT2D eigenvalue weighted by molar-refractivity contribution is 0.518. The van der Waals surface area contributed by atoms with Crippen LogP contribution in [-0.2, 0) is 0 Å². The molecule has 0 heterocycles. The van der Waals surface area contributed by atoms with Gasteiger partial charge < -0.3 is 0 Å². The lowest BCUT2D eigenvalue weighted by Gasteiger charge is -2.16. The van der Waals surface area contributed by atoms with Gasteiger partial charge >= 0.3 is 0 Å². The van der Waals surface area contributed by atoms with Crippen LogP contribution in [0.1, 0.15) is 44.1 Å². The fourth-order valence-corrected chi connectivity index (χ4v) is 1.95. The van der Waals surface area contributed by atoms with Crippen molar-refractivity contribution in [2.24, 2.45) is 0 Å². The first-order valence-electron chi connectivity index (χ1n) is 5.74. The Morgan fingerprint density at radius 1 is 1.31 bits per heavy atom. The minimum absolute atomic E-state index is 0.0960. The Hall–Kier alpha value is -1.18. The van der Waals surface area contributed by atoms with Gasteiger partial charge in [0.1, 0.15) is 11.6 Å². The fourth-order valence-electron chi connectivity index (χ4n) is 1.95. The maximum absolute atomic E-state index is 13.6. The molecule has 1 atom stereocenters. The first kappa shape index (κ1) is 12.9. The second-order valence-corrected chi connectivity index (χ2v) is 4.02. The van der Waals surface area contributed by atoms with Gasteiger partial charge in [-0.15, -0.1) is 6.58 Å². The summed E-state index contributed by atoms with van der Waals surface area (Å²) in [5.74, 6) is -0.571. The van der Waals surface area contributed by atoms with E-state index in [2.05, 4.69) is 13.5 Å². The number of benzene rings is 1. The average Bonchev–Trinajstić information content (AvgIpc) is 2.28. The van der Waals surface area contributed by atoms with Crippen LogP contribution < -0.4 is 0 Å². The monoisotopic (exact) mass is 224 g/mol. The molecule has 0 N–H and O–H groups in total. The zero-order valence-corrected chi connectivity index (χ0v) is 9.68. The second kappa shape index (κ2) is 6.41. The third-order valence-corrected chi connectivity index (χ3v) is 2.75. The molecule has 1 aromatic carbocycles. The Morgan fingerprint density at radius 2 is 2.06 bits per heavy atom. The number of rotatable bonds is 6. The van der Waals surface area contributed by atoms with Crippen LogP contribution >= 0.6 is 0 Å². The Labute approximate surface area is 96.0 Å². The molecule has 0 amide bonds. The lowest BCUT2D eigenvalue weighted by Crippen LogP contribution is -2.02. The summed E-state index contributed by atoms with van der Waals surface area (Å²) >= 11 is 0. The topological polar surface area (TPSA) is 0 Å². The molecule has 0 aromatic heterocycles. The maximum Gasteiger partial charge on any atom is 0.126 e. The third kappa shape index (κ3) is 3.44. The molecule has 0 saturated heterocycles. The molecule has 2 heteroatoms. The third-order valence-electron chi connectivity index (χ3n) is 2.75. The zero-order chi connectivity index (χ0) is 12.0. The van der Waals surface area contributed by atoms with E-state index in [4.69, 9.17) is 0 Å². The molecule has 0 aliphatic heterocycles. The van der Waals surface area contributed by atoms with Gasteiger partial charge in [0.25, 0.3) is 0 Å². The molecule has 0 radical (unpaired) electrons. The summed E-state index contributed by atoms with van der Waals surface area (Å²) in [6, 6.07) is 3.69. The van der Waals surface area contributed by atoms with Crippen molar-refractivity contribution in [3.63, 3.8) is 0 Å². The van der Waals surface area contributed by atoms with E-state index >= 15 is 0 Å². The van der Waals surface area contributed by atoms with Crippen molar-refractivity contribution in [2.75, 3.05) is 0 Å². The van der Waals surface area contributed by atoms with Crippen LogP contribution in [0.15, 0.2) is 30.9 Å². The molecular formula is C14H18F2. The van der Waals surface area contributed by atoms with Crippen LogP contribution in [0.2, 0.25) is 0 Å². The minimum Gasteiger partial charge on any atom is -0.207 e. The fraction of sp³-hybridized carbons (Fsp3) is 0.429. The molecule has 1 unspecified atom stereocenters. The molecule has 1 aromatic rings. The first-order chi connectivity index (χ1) is 7.69. The van der Waals surface area contributed by atoms with E-state index < -0.39 is 0 Å². The molecular weight excluding hydrogens is 206 g/mol. The first-order valence-corrected chi connectivity index (χ1v) is 5.74. The molecule has 0 saturated carbocycles. The molecule has 0 aliphatic rings. The van der Waals surface area contributed by atoms with Crippen molar-refractivity contribution in [1.29, 1.82) is 0 Å². The van der Waals surface area contributed by atoms with E-state index in [0.29, 0.717) is 5.56 Å². The van der Waals surface area contributed by atoms with Gasteiger partial charge in [-0.25, -0.2) is 8.78 Å². The quantitative estimate of drug-likeness (QED) is 0.608. The van der Waals surface area contributed by atoms with Gasteiger partial charge in [-0.05, 0) is 48.9 Å². The van der Waals surface area contributed by atoms with Gasteiger partial charge in [-0.2, -0.15) is 0 Å². The number of allylic oxidation sites excluding steroid dienone is 1. The van der Waals surface area contributed by atoms with E-state index in [-0.39, 0.29) is 17.6 Å². The molecule has 0 aliphatic carbocycles. The Balaban J connectivity index is 2.89. The van der Waals surface area contributed by atoms with E-state index in [1.165, 1.54) is 12.1 Å². The molecule has 1 rings (SSSR count). The van der Waals surface area contributed by atoms with E-state index in [1.807, 2.05) is 6.08 Å². The van der Waals surface area contributed by atoms with Gasteiger partial charge in [-0.3, -0.25) is 0 Å². The highest BCUT2D eigenvalue weighted by Crippen LogP contribution is 2.29. The van der Waals surface area contributed by atoms with Gasteiger partial charge in [-0.1, -0.05) is 19.4 Å². The second-order valence-electron chi connectivity index (χ2n) is 4.02. The summed E-state index contributed by atoms with van der Waals surface area (Å²) in [7, 11) is 0. The molecule has 88 valence electrons. The highest BCUT2D eigenvalue weighted by Gasteiger charge is 2.15. The SMILES string of the molecule is C=CCCC(CCC)c1cc(F)ccc1F. The van der Waals surface area contributed by atoms with Gasteiger partial charge in [0, 0.05) is 0 Å². The van der Waals surface area contributed by atoms with Crippen LogP contribution in [0.25, 0.3) is 0 Å². The van der Waals surface area contributed by atoms with Crippen molar-refractivity contribution < 1.29 is 8.78 Å². The predicted octanol–water partition coefficient (Wildman–Crippen LogP) is 4.81. The molecule has 0 fully saturated rings. The van der Waals surface area contributed by atoms with Crippen molar-refractivity contribution in [3.8, 4) is 0 Å². The summed E-state index contributed by atoms with van der Waals surface area (Å²) in [5.41, 5.74) is 0.503. The summed E-state index contributed by atoms with van der Waals surface area (Å²) in [5, 5.41) is 0. The number of hydrogen-bond acceptors (Lipinski definition) is 0.